The Morgan fingerprint density at radius 2 is 1.94 bits per heavy atom. The highest BCUT2D eigenvalue weighted by Gasteiger charge is 2.44. The second-order valence-corrected chi connectivity index (χ2v) is 4.26. The summed E-state index contributed by atoms with van der Waals surface area (Å²) < 4.78 is 4.88. The molecule has 1 saturated carbocycles. The standard InChI is InChI=1S/C12H13N3O/c13-11-14-10(15-16-11)12(7-4-8-12)9-5-2-1-3-6-9/h1-3,5-6H,4,7-8H2,(H2,13,14,15). The third kappa shape index (κ3) is 1.23. The van der Waals surface area contributed by atoms with Gasteiger partial charge >= 0.3 is 6.01 Å². The second kappa shape index (κ2) is 3.33. The Bertz CT molecular complexity index is 488. The predicted molar refractivity (Wildman–Crippen MR) is 59.8 cm³/mol. The molecule has 82 valence electrons. The molecule has 1 aliphatic carbocycles. The minimum atomic E-state index is -0.0671. The number of hydrogen-bond acceptors (Lipinski definition) is 4. The van der Waals surface area contributed by atoms with E-state index >= 15 is 0 Å². The molecular weight excluding hydrogens is 202 g/mol. The fourth-order valence-electron chi connectivity index (χ4n) is 2.36. The number of nitrogen functional groups attached to an aromatic ring is 1. The Morgan fingerprint density at radius 1 is 1.19 bits per heavy atom. The summed E-state index contributed by atoms with van der Waals surface area (Å²) in [6.45, 7) is 0. The van der Waals surface area contributed by atoms with Gasteiger partial charge in [-0.15, -0.1) is 0 Å². The molecule has 0 atom stereocenters. The van der Waals surface area contributed by atoms with Crippen molar-refractivity contribution in [3.8, 4) is 0 Å². The van der Waals surface area contributed by atoms with E-state index in [4.69, 9.17) is 10.3 Å². The number of nitrogens with two attached hydrogens (primary N) is 1. The Balaban J connectivity index is 2.07. The third-order valence-electron chi connectivity index (χ3n) is 3.40. The van der Waals surface area contributed by atoms with E-state index in [0.29, 0.717) is 0 Å². The molecule has 4 nitrogen and oxygen atoms in total. The normalized spacial score (nSPS) is 18.0. The molecule has 0 saturated heterocycles. The monoisotopic (exact) mass is 215 g/mol. The summed E-state index contributed by atoms with van der Waals surface area (Å²) in [5.74, 6) is 0.724. The highest BCUT2D eigenvalue weighted by atomic mass is 16.5. The van der Waals surface area contributed by atoms with Gasteiger partial charge in [-0.25, -0.2) is 0 Å². The van der Waals surface area contributed by atoms with Crippen LogP contribution in [0.15, 0.2) is 34.9 Å². The van der Waals surface area contributed by atoms with Gasteiger partial charge in [0, 0.05) is 0 Å². The molecule has 0 aliphatic heterocycles. The first kappa shape index (κ1) is 9.39. The van der Waals surface area contributed by atoms with E-state index in [0.717, 1.165) is 18.7 Å². The summed E-state index contributed by atoms with van der Waals surface area (Å²) in [7, 11) is 0. The van der Waals surface area contributed by atoms with Crippen molar-refractivity contribution in [2.45, 2.75) is 24.7 Å². The van der Waals surface area contributed by atoms with E-state index in [1.807, 2.05) is 18.2 Å². The van der Waals surface area contributed by atoms with Crippen LogP contribution in [0.3, 0.4) is 0 Å². The Hall–Kier alpha value is -1.84. The van der Waals surface area contributed by atoms with E-state index in [1.165, 1.54) is 12.0 Å². The maximum absolute atomic E-state index is 5.49. The molecule has 1 heterocycles. The van der Waals surface area contributed by atoms with Gasteiger partial charge in [-0.1, -0.05) is 41.9 Å². The van der Waals surface area contributed by atoms with Crippen molar-refractivity contribution >= 4 is 6.01 Å². The molecule has 2 aromatic rings. The molecule has 16 heavy (non-hydrogen) atoms. The minimum Gasteiger partial charge on any atom is -0.351 e. The molecule has 1 fully saturated rings. The zero-order valence-electron chi connectivity index (χ0n) is 8.89. The lowest BCUT2D eigenvalue weighted by Crippen LogP contribution is -2.36. The fraction of sp³-hybridized carbons (Fsp3) is 0.333. The Labute approximate surface area is 93.5 Å². The number of hydrogen-bond donors (Lipinski definition) is 1. The van der Waals surface area contributed by atoms with Crippen LogP contribution in [0.1, 0.15) is 30.7 Å². The van der Waals surface area contributed by atoms with Gasteiger partial charge in [0.1, 0.15) is 0 Å². The molecule has 1 aliphatic rings. The van der Waals surface area contributed by atoms with Crippen molar-refractivity contribution in [3.63, 3.8) is 0 Å². The second-order valence-electron chi connectivity index (χ2n) is 4.26. The highest BCUT2D eigenvalue weighted by Crippen LogP contribution is 2.47. The van der Waals surface area contributed by atoms with E-state index in [1.54, 1.807) is 0 Å². The van der Waals surface area contributed by atoms with Crippen LogP contribution in [-0.2, 0) is 5.41 Å². The topological polar surface area (TPSA) is 64.9 Å². The Morgan fingerprint density at radius 3 is 2.44 bits per heavy atom. The van der Waals surface area contributed by atoms with Gasteiger partial charge in [-0.05, 0) is 18.4 Å². The van der Waals surface area contributed by atoms with Crippen molar-refractivity contribution < 1.29 is 4.52 Å². The number of nitrogens with zero attached hydrogens (tertiary/aromatic N) is 2. The molecule has 0 unspecified atom stereocenters. The van der Waals surface area contributed by atoms with Gasteiger partial charge < -0.3 is 10.3 Å². The van der Waals surface area contributed by atoms with E-state index in [9.17, 15) is 0 Å². The van der Waals surface area contributed by atoms with Crippen molar-refractivity contribution in [2.24, 2.45) is 0 Å². The molecule has 4 heteroatoms. The maximum atomic E-state index is 5.49. The summed E-state index contributed by atoms with van der Waals surface area (Å²) in [6.07, 6.45) is 3.33. The van der Waals surface area contributed by atoms with Crippen molar-refractivity contribution in [1.82, 2.24) is 10.1 Å². The van der Waals surface area contributed by atoms with E-state index in [-0.39, 0.29) is 11.4 Å². The van der Waals surface area contributed by atoms with Crippen molar-refractivity contribution in [2.75, 3.05) is 5.73 Å². The molecule has 0 amide bonds. The molecule has 0 radical (unpaired) electrons. The van der Waals surface area contributed by atoms with Crippen LogP contribution < -0.4 is 5.73 Å². The molecule has 0 spiro atoms. The zero-order valence-corrected chi connectivity index (χ0v) is 8.89. The van der Waals surface area contributed by atoms with Crippen LogP contribution in [0, 0.1) is 0 Å². The van der Waals surface area contributed by atoms with Gasteiger partial charge in [-0.3, -0.25) is 0 Å². The number of rotatable bonds is 2. The summed E-state index contributed by atoms with van der Waals surface area (Å²) in [4.78, 5) is 4.18. The molecule has 1 aromatic heterocycles. The van der Waals surface area contributed by atoms with Gasteiger partial charge in [0.25, 0.3) is 0 Å². The summed E-state index contributed by atoms with van der Waals surface area (Å²) in [6, 6.07) is 10.5. The summed E-state index contributed by atoms with van der Waals surface area (Å²) in [5, 5.41) is 3.98. The van der Waals surface area contributed by atoms with Crippen molar-refractivity contribution in [1.29, 1.82) is 0 Å². The first-order valence-corrected chi connectivity index (χ1v) is 5.46. The first-order valence-electron chi connectivity index (χ1n) is 5.46. The number of anilines is 1. The Kier molecular flexibility index (Phi) is 1.96. The molecule has 0 bridgehead atoms. The average Bonchev–Trinajstić information content (AvgIpc) is 2.65. The highest BCUT2D eigenvalue weighted by molar-refractivity contribution is 5.36. The van der Waals surface area contributed by atoms with Crippen LogP contribution in [0.25, 0.3) is 0 Å². The van der Waals surface area contributed by atoms with Gasteiger partial charge in [0.15, 0.2) is 5.82 Å². The summed E-state index contributed by atoms with van der Waals surface area (Å²) >= 11 is 0. The SMILES string of the molecule is Nc1nc(C2(c3ccccc3)CCC2)no1. The lowest BCUT2D eigenvalue weighted by molar-refractivity contribution is 0.273. The fourth-order valence-corrected chi connectivity index (χ4v) is 2.36. The first-order chi connectivity index (χ1) is 7.81. The van der Waals surface area contributed by atoms with Gasteiger partial charge in [0.05, 0.1) is 5.41 Å². The predicted octanol–water partition coefficient (Wildman–Crippen LogP) is 2.12. The van der Waals surface area contributed by atoms with Crippen LogP contribution in [0.2, 0.25) is 0 Å². The molecule has 1 aromatic carbocycles. The molecule has 2 N–H and O–H groups in total. The van der Waals surface area contributed by atoms with Crippen LogP contribution in [0.4, 0.5) is 6.01 Å². The van der Waals surface area contributed by atoms with E-state index in [2.05, 4.69) is 22.3 Å². The molecule has 3 rings (SSSR count). The third-order valence-corrected chi connectivity index (χ3v) is 3.40. The lowest BCUT2D eigenvalue weighted by atomic mass is 9.64. The van der Waals surface area contributed by atoms with Gasteiger partial charge in [0.2, 0.25) is 0 Å². The molecular formula is C12H13N3O. The van der Waals surface area contributed by atoms with Crippen LogP contribution in [0.5, 0.6) is 0 Å². The van der Waals surface area contributed by atoms with Gasteiger partial charge in [-0.2, -0.15) is 4.98 Å². The van der Waals surface area contributed by atoms with E-state index < -0.39 is 0 Å². The minimum absolute atomic E-state index is 0.0671. The average molecular weight is 215 g/mol. The number of benzene rings is 1. The van der Waals surface area contributed by atoms with Crippen molar-refractivity contribution in [3.05, 3.63) is 41.7 Å². The summed E-state index contributed by atoms with van der Waals surface area (Å²) in [5.41, 5.74) is 6.68. The largest absolute Gasteiger partial charge is 0.351 e. The number of aromatic nitrogens is 2. The smallest absolute Gasteiger partial charge is 0.318 e. The van der Waals surface area contributed by atoms with Crippen LogP contribution >= 0.6 is 0 Å². The quantitative estimate of drug-likeness (QED) is 0.833. The lowest BCUT2D eigenvalue weighted by Gasteiger charge is -2.39. The maximum Gasteiger partial charge on any atom is 0.318 e. The zero-order chi connectivity index (χ0) is 11.0. The van der Waals surface area contributed by atoms with Crippen LogP contribution in [-0.4, -0.2) is 10.1 Å².